The van der Waals surface area contributed by atoms with Crippen molar-refractivity contribution in [3.05, 3.63) is 88.4 Å². The fourth-order valence-electron chi connectivity index (χ4n) is 3.43. The van der Waals surface area contributed by atoms with Crippen LogP contribution in [0.15, 0.2) is 71.6 Å². The average Bonchev–Trinajstić information content (AvgIpc) is 3.27. The van der Waals surface area contributed by atoms with Gasteiger partial charge in [0.15, 0.2) is 0 Å². The van der Waals surface area contributed by atoms with Gasteiger partial charge >= 0.3 is 5.97 Å². The molecule has 8 nitrogen and oxygen atoms in total. The predicted molar refractivity (Wildman–Crippen MR) is 127 cm³/mol. The van der Waals surface area contributed by atoms with Gasteiger partial charge < -0.3 is 9.84 Å². The van der Waals surface area contributed by atoms with Crippen LogP contribution < -0.4 is 9.46 Å². The maximum atomic E-state index is 13.2. The smallest absolute Gasteiger partial charge is 0.335 e. The summed E-state index contributed by atoms with van der Waals surface area (Å²) in [4.78, 5) is 15.8. The highest BCUT2D eigenvalue weighted by Gasteiger charge is 2.25. The number of aromatic carboxylic acids is 1. The minimum atomic E-state index is -4.09. The van der Waals surface area contributed by atoms with E-state index in [-0.39, 0.29) is 16.9 Å². The lowest BCUT2D eigenvalue weighted by Crippen LogP contribution is -2.30. The molecule has 1 aromatic heterocycles. The molecule has 34 heavy (non-hydrogen) atoms. The van der Waals surface area contributed by atoms with E-state index in [2.05, 4.69) is 15.8 Å². The highest BCUT2D eigenvalue weighted by molar-refractivity contribution is 7.89. The zero-order chi connectivity index (χ0) is 24.3. The highest BCUT2D eigenvalue weighted by atomic mass is 32.2. The number of methoxy groups -OCH3 is 1. The number of hydrogen-bond acceptors (Lipinski definition) is 7. The zero-order valence-electron chi connectivity index (χ0n) is 17.9. The first-order valence-electron chi connectivity index (χ1n) is 10.1. The number of hydrogen-bond donors (Lipinski definition) is 2. The zero-order valence-corrected chi connectivity index (χ0v) is 19.6. The van der Waals surface area contributed by atoms with E-state index < -0.39 is 22.0 Å². The lowest BCUT2D eigenvalue weighted by molar-refractivity contribution is 0.0696. The Morgan fingerprint density at radius 3 is 2.71 bits per heavy atom. The van der Waals surface area contributed by atoms with Crippen LogP contribution in [0.3, 0.4) is 0 Å². The van der Waals surface area contributed by atoms with Crippen molar-refractivity contribution in [1.29, 1.82) is 5.26 Å². The summed E-state index contributed by atoms with van der Waals surface area (Å²) < 4.78 is 35.2. The van der Waals surface area contributed by atoms with Crippen LogP contribution in [0.5, 0.6) is 5.75 Å². The van der Waals surface area contributed by atoms with Crippen molar-refractivity contribution in [3.8, 4) is 11.8 Å². The first kappa shape index (κ1) is 23.4. The molecular formula is C24H19N3O5S2. The molecule has 1 heterocycles. The van der Waals surface area contributed by atoms with Gasteiger partial charge in [-0.1, -0.05) is 18.2 Å². The Morgan fingerprint density at radius 1 is 1.18 bits per heavy atom. The van der Waals surface area contributed by atoms with Gasteiger partial charge in [-0.05, 0) is 60.5 Å². The molecule has 1 unspecified atom stereocenters. The first-order chi connectivity index (χ1) is 16.3. The fourth-order valence-corrected chi connectivity index (χ4v) is 5.80. The minimum Gasteiger partial charge on any atom is -0.497 e. The van der Waals surface area contributed by atoms with Gasteiger partial charge in [0, 0.05) is 0 Å². The van der Waals surface area contributed by atoms with E-state index in [1.807, 2.05) is 12.1 Å². The summed E-state index contributed by atoms with van der Waals surface area (Å²) in [6.07, 6.45) is 0.240. The van der Waals surface area contributed by atoms with Crippen molar-refractivity contribution >= 4 is 37.5 Å². The van der Waals surface area contributed by atoms with E-state index in [1.54, 1.807) is 37.4 Å². The number of carboxylic acids is 1. The number of nitrogens with one attached hydrogen (secondary N) is 1. The lowest BCUT2D eigenvalue weighted by atomic mass is 10.0. The maximum absolute atomic E-state index is 13.2. The minimum absolute atomic E-state index is 0.131. The van der Waals surface area contributed by atoms with Crippen molar-refractivity contribution in [1.82, 2.24) is 9.71 Å². The van der Waals surface area contributed by atoms with Crippen LogP contribution in [0.25, 0.3) is 10.2 Å². The third-order valence-electron chi connectivity index (χ3n) is 5.09. The largest absolute Gasteiger partial charge is 0.497 e. The Labute approximate surface area is 200 Å². The summed E-state index contributed by atoms with van der Waals surface area (Å²) >= 11 is 1.33. The van der Waals surface area contributed by atoms with Crippen molar-refractivity contribution in [3.63, 3.8) is 0 Å². The van der Waals surface area contributed by atoms with E-state index in [0.29, 0.717) is 21.8 Å². The van der Waals surface area contributed by atoms with Crippen LogP contribution in [0.1, 0.15) is 32.5 Å². The van der Waals surface area contributed by atoms with Crippen LogP contribution >= 0.6 is 11.3 Å². The lowest BCUT2D eigenvalue weighted by Gasteiger charge is -2.17. The van der Waals surface area contributed by atoms with Crippen molar-refractivity contribution < 1.29 is 23.1 Å². The van der Waals surface area contributed by atoms with Crippen LogP contribution in [-0.4, -0.2) is 31.6 Å². The van der Waals surface area contributed by atoms with Gasteiger partial charge in [-0.3, -0.25) is 0 Å². The second-order valence-corrected chi connectivity index (χ2v) is 10.2. The average molecular weight is 494 g/mol. The van der Waals surface area contributed by atoms with E-state index in [1.165, 1.54) is 29.5 Å². The van der Waals surface area contributed by atoms with Gasteiger partial charge in [-0.25, -0.2) is 22.9 Å². The summed E-state index contributed by atoms with van der Waals surface area (Å²) in [5.74, 6) is -0.561. The second kappa shape index (κ2) is 9.61. The number of carbonyl (C=O) groups is 1. The quantitative estimate of drug-likeness (QED) is 0.377. The first-order valence-corrected chi connectivity index (χ1v) is 12.4. The van der Waals surface area contributed by atoms with Gasteiger partial charge in [0.05, 0.1) is 45.5 Å². The molecule has 0 spiro atoms. The number of benzene rings is 3. The number of ether oxygens (including phenoxy) is 1. The molecule has 172 valence electrons. The number of sulfonamides is 1. The molecular weight excluding hydrogens is 474 g/mol. The molecule has 0 fully saturated rings. The van der Waals surface area contributed by atoms with Crippen molar-refractivity contribution in [2.24, 2.45) is 0 Å². The van der Waals surface area contributed by atoms with Crippen molar-refractivity contribution in [2.75, 3.05) is 7.11 Å². The molecule has 0 saturated heterocycles. The molecule has 4 rings (SSSR count). The molecule has 0 bridgehead atoms. The van der Waals surface area contributed by atoms with Gasteiger partial charge in [-0.15, -0.1) is 11.3 Å². The summed E-state index contributed by atoms with van der Waals surface area (Å²) in [5, 5.41) is 19.0. The van der Waals surface area contributed by atoms with Crippen LogP contribution in [-0.2, 0) is 16.4 Å². The van der Waals surface area contributed by atoms with E-state index in [0.717, 1.165) is 16.3 Å². The maximum Gasteiger partial charge on any atom is 0.335 e. The fraction of sp³-hybridized carbons (Fsp3) is 0.125. The number of carboxylic acid groups (broad SMARTS) is 1. The van der Waals surface area contributed by atoms with Gasteiger partial charge in [0.1, 0.15) is 10.8 Å². The van der Waals surface area contributed by atoms with Crippen LogP contribution in [0.2, 0.25) is 0 Å². The molecule has 2 N–H and O–H groups in total. The molecule has 4 aromatic rings. The third-order valence-corrected chi connectivity index (χ3v) is 7.70. The Hall–Kier alpha value is -3.78. The number of rotatable bonds is 8. The second-order valence-electron chi connectivity index (χ2n) is 7.41. The molecule has 10 heteroatoms. The van der Waals surface area contributed by atoms with Crippen LogP contribution in [0, 0.1) is 11.3 Å². The topological polar surface area (TPSA) is 129 Å². The molecule has 0 aliphatic heterocycles. The number of thiazole rings is 1. The molecule has 1 atom stereocenters. The molecule has 3 aromatic carbocycles. The van der Waals surface area contributed by atoms with E-state index >= 15 is 0 Å². The van der Waals surface area contributed by atoms with E-state index in [4.69, 9.17) is 4.74 Å². The molecule has 0 aliphatic carbocycles. The van der Waals surface area contributed by atoms with Crippen molar-refractivity contribution in [2.45, 2.75) is 17.4 Å². The Bertz CT molecular complexity index is 1520. The third kappa shape index (κ3) is 5.07. The standard InChI is InChI=1S/C24H19N3O5S2/c1-32-18-8-9-20-22(13-18)33-23(26-20)21(11-15-4-2-5-16(10-15)14-25)27-34(30,31)19-7-3-6-17(12-19)24(28)29/h2-10,12-13,21,27H,11H2,1H3,(H,28,29). The normalized spacial score (nSPS) is 12.2. The number of aromatic nitrogens is 1. The molecule has 0 radical (unpaired) electrons. The molecule has 0 saturated carbocycles. The van der Waals surface area contributed by atoms with E-state index in [9.17, 15) is 23.6 Å². The Morgan fingerprint density at radius 2 is 1.97 bits per heavy atom. The number of fused-ring (bicyclic) bond motifs is 1. The number of nitriles is 1. The summed E-state index contributed by atoms with van der Waals surface area (Å²) in [7, 11) is -2.52. The monoisotopic (exact) mass is 493 g/mol. The predicted octanol–water partition coefficient (Wildman–Crippen LogP) is 4.14. The summed E-state index contributed by atoms with van der Waals surface area (Å²) in [5.41, 5.74) is 1.78. The molecule has 0 amide bonds. The number of nitrogens with zero attached hydrogens (tertiary/aromatic N) is 2. The summed E-state index contributed by atoms with van der Waals surface area (Å²) in [6, 6.07) is 18.8. The van der Waals surface area contributed by atoms with Crippen LogP contribution in [0.4, 0.5) is 0 Å². The van der Waals surface area contributed by atoms with Gasteiger partial charge in [0.2, 0.25) is 10.0 Å². The summed E-state index contributed by atoms with van der Waals surface area (Å²) in [6.45, 7) is 0. The van der Waals surface area contributed by atoms with Gasteiger partial charge in [0.25, 0.3) is 0 Å². The Kier molecular flexibility index (Phi) is 6.61. The highest BCUT2D eigenvalue weighted by Crippen LogP contribution is 2.32. The van der Waals surface area contributed by atoms with Gasteiger partial charge in [-0.2, -0.15) is 5.26 Å². The SMILES string of the molecule is COc1ccc2nc(C(Cc3cccc(C#N)c3)NS(=O)(=O)c3cccc(C(=O)O)c3)sc2c1. The molecule has 0 aliphatic rings. The Balaban J connectivity index is 1.75.